The van der Waals surface area contributed by atoms with Crippen LogP contribution in [0.5, 0.6) is 0 Å². The topological polar surface area (TPSA) is 83.4 Å². The SMILES string of the molecule is CC(C(=O)O)c1ccc(N2Cc3c(cccc3-c3cncnc3)C2=O)cc1. The molecule has 0 bridgehead atoms. The lowest BCUT2D eigenvalue weighted by Crippen LogP contribution is -2.23. The molecule has 3 aromatic rings. The monoisotopic (exact) mass is 359 g/mol. The van der Waals surface area contributed by atoms with Crippen LogP contribution in [0.3, 0.4) is 0 Å². The van der Waals surface area contributed by atoms with E-state index in [1.54, 1.807) is 48.5 Å². The van der Waals surface area contributed by atoms with E-state index in [-0.39, 0.29) is 5.91 Å². The molecule has 4 rings (SSSR count). The molecule has 1 aliphatic rings. The largest absolute Gasteiger partial charge is 0.481 e. The summed E-state index contributed by atoms with van der Waals surface area (Å²) in [6.07, 6.45) is 4.94. The Balaban J connectivity index is 1.67. The number of aliphatic carboxylic acids is 1. The second-order valence-electron chi connectivity index (χ2n) is 6.50. The molecule has 0 saturated heterocycles. The van der Waals surface area contributed by atoms with Crippen LogP contribution in [0.25, 0.3) is 11.1 Å². The van der Waals surface area contributed by atoms with Gasteiger partial charge in [0, 0.05) is 29.2 Å². The highest BCUT2D eigenvalue weighted by atomic mass is 16.4. The first-order chi connectivity index (χ1) is 13.1. The maximum atomic E-state index is 12.9. The number of carboxylic acids is 1. The highest BCUT2D eigenvalue weighted by Crippen LogP contribution is 2.35. The number of amides is 1. The number of hydrogen-bond donors (Lipinski definition) is 1. The Hall–Kier alpha value is -3.54. The second kappa shape index (κ2) is 6.64. The quantitative estimate of drug-likeness (QED) is 0.771. The maximum absolute atomic E-state index is 12.9. The molecule has 2 aromatic carbocycles. The lowest BCUT2D eigenvalue weighted by molar-refractivity contribution is -0.138. The number of benzene rings is 2. The van der Waals surface area contributed by atoms with Crippen molar-refractivity contribution in [2.75, 3.05) is 4.90 Å². The summed E-state index contributed by atoms with van der Waals surface area (Å²) < 4.78 is 0. The second-order valence-corrected chi connectivity index (χ2v) is 6.50. The molecule has 1 amide bonds. The van der Waals surface area contributed by atoms with Crippen LogP contribution in [0.4, 0.5) is 5.69 Å². The van der Waals surface area contributed by atoms with Crippen LogP contribution in [0.2, 0.25) is 0 Å². The minimum absolute atomic E-state index is 0.0669. The molecule has 0 aliphatic carbocycles. The number of aromatic nitrogens is 2. The molecule has 0 saturated carbocycles. The van der Waals surface area contributed by atoms with Crippen LogP contribution in [0.15, 0.2) is 61.2 Å². The van der Waals surface area contributed by atoms with Gasteiger partial charge in [-0.25, -0.2) is 9.97 Å². The number of fused-ring (bicyclic) bond motifs is 1. The van der Waals surface area contributed by atoms with E-state index < -0.39 is 11.9 Å². The number of nitrogens with zero attached hydrogens (tertiary/aromatic N) is 3. The first-order valence-corrected chi connectivity index (χ1v) is 8.58. The smallest absolute Gasteiger partial charge is 0.310 e. The summed E-state index contributed by atoms with van der Waals surface area (Å²) in [5.74, 6) is -1.53. The van der Waals surface area contributed by atoms with Gasteiger partial charge in [0.2, 0.25) is 0 Å². The summed E-state index contributed by atoms with van der Waals surface area (Å²) in [6, 6.07) is 12.8. The van der Waals surface area contributed by atoms with Gasteiger partial charge in [-0.3, -0.25) is 9.59 Å². The average molecular weight is 359 g/mol. The number of rotatable bonds is 4. The zero-order chi connectivity index (χ0) is 19.0. The molecule has 0 spiro atoms. The summed E-state index contributed by atoms with van der Waals surface area (Å²) >= 11 is 0. The molecule has 0 radical (unpaired) electrons. The molecule has 6 nitrogen and oxygen atoms in total. The van der Waals surface area contributed by atoms with E-state index in [9.17, 15) is 9.59 Å². The lowest BCUT2D eigenvalue weighted by Gasteiger charge is -2.17. The van der Waals surface area contributed by atoms with Crippen LogP contribution >= 0.6 is 0 Å². The van der Waals surface area contributed by atoms with Gasteiger partial charge >= 0.3 is 5.97 Å². The van der Waals surface area contributed by atoms with Crippen molar-refractivity contribution in [3.8, 4) is 11.1 Å². The van der Waals surface area contributed by atoms with Crippen LogP contribution in [-0.2, 0) is 11.3 Å². The molecule has 6 heteroatoms. The first-order valence-electron chi connectivity index (χ1n) is 8.58. The fourth-order valence-corrected chi connectivity index (χ4v) is 3.34. The van der Waals surface area contributed by atoms with Crippen molar-refractivity contribution in [2.45, 2.75) is 19.4 Å². The highest BCUT2D eigenvalue weighted by molar-refractivity contribution is 6.11. The number of anilines is 1. The number of carbonyl (C=O) groups is 2. The highest BCUT2D eigenvalue weighted by Gasteiger charge is 2.30. The van der Waals surface area contributed by atoms with Crippen molar-refractivity contribution in [3.63, 3.8) is 0 Å². The van der Waals surface area contributed by atoms with E-state index in [1.165, 1.54) is 6.33 Å². The Labute approximate surface area is 156 Å². The Bertz CT molecular complexity index is 1020. The lowest BCUT2D eigenvalue weighted by atomic mass is 9.99. The number of carboxylic acid groups (broad SMARTS) is 1. The van der Waals surface area contributed by atoms with Crippen molar-refractivity contribution in [1.29, 1.82) is 0 Å². The Morgan fingerprint density at radius 2 is 1.74 bits per heavy atom. The van der Waals surface area contributed by atoms with Crippen molar-refractivity contribution in [2.24, 2.45) is 0 Å². The third-order valence-electron chi connectivity index (χ3n) is 4.91. The number of carbonyl (C=O) groups excluding carboxylic acids is 1. The fourth-order valence-electron chi connectivity index (χ4n) is 3.34. The zero-order valence-electron chi connectivity index (χ0n) is 14.7. The summed E-state index contributed by atoms with van der Waals surface area (Å²) in [7, 11) is 0. The summed E-state index contributed by atoms with van der Waals surface area (Å²) in [5.41, 5.74) is 4.87. The van der Waals surface area contributed by atoms with Gasteiger partial charge in [-0.2, -0.15) is 0 Å². The maximum Gasteiger partial charge on any atom is 0.310 e. The van der Waals surface area contributed by atoms with Gasteiger partial charge in [0.1, 0.15) is 6.33 Å². The summed E-state index contributed by atoms with van der Waals surface area (Å²) in [4.78, 5) is 33.9. The van der Waals surface area contributed by atoms with Gasteiger partial charge in [-0.1, -0.05) is 24.3 Å². The van der Waals surface area contributed by atoms with Gasteiger partial charge in [-0.05, 0) is 41.8 Å². The standard InChI is InChI=1S/C21H17N3O3/c1-13(21(26)27)14-5-7-16(8-6-14)24-11-19-17(15-9-22-12-23-10-15)3-2-4-18(19)20(24)25/h2-10,12-13H,11H2,1H3,(H,26,27). The Kier molecular flexibility index (Phi) is 4.16. The predicted octanol–water partition coefficient (Wildman–Crippen LogP) is 3.49. The predicted molar refractivity (Wildman–Crippen MR) is 100 cm³/mol. The fraction of sp³-hybridized carbons (Fsp3) is 0.143. The molecule has 1 aromatic heterocycles. The molecule has 1 N–H and O–H groups in total. The van der Waals surface area contributed by atoms with Gasteiger partial charge in [0.25, 0.3) is 5.91 Å². The minimum Gasteiger partial charge on any atom is -0.481 e. The molecule has 1 aliphatic heterocycles. The van der Waals surface area contributed by atoms with Crippen molar-refractivity contribution in [1.82, 2.24) is 9.97 Å². The van der Waals surface area contributed by atoms with Crippen LogP contribution in [0.1, 0.15) is 34.3 Å². The Morgan fingerprint density at radius 1 is 1.07 bits per heavy atom. The average Bonchev–Trinajstić information content (AvgIpc) is 3.05. The van der Waals surface area contributed by atoms with E-state index in [2.05, 4.69) is 9.97 Å². The van der Waals surface area contributed by atoms with E-state index in [4.69, 9.17) is 5.11 Å². The summed E-state index contributed by atoms with van der Waals surface area (Å²) in [5, 5.41) is 9.14. The molecular weight excluding hydrogens is 342 g/mol. The molecule has 0 fully saturated rings. The van der Waals surface area contributed by atoms with E-state index in [1.807, 2.05) is 18.2 Å². The zero-order valence-corrected chi connectivity index (χ0v) is 14.7. The molecule has 1 unspecified atom stereocenters. The third kappa shape index (κ3) is 2.95. The van der Waals surface area contributed by atoms with Gasteiger partial charge in [0.05, 0.1) is 12.5 Å². The van der Waals surface area contributed by atoms with Gasteiger partial charge in [0.15, 0.2) is 0 Å². The van der Waals surface area contributed by atoms with Crippen LogP contribution in [0, 0.1) is 0 Å². The summed E-state index contributed by atoms with van der Waals surface area (Å²) in [6.45, 7) is 2.09. The Morgan fingerprint density at radius 3 is 2.41 bits per heavy atom. The molecule has 134 valence electrons. The van der Waals surface area contributed by atoms with E-state index >= 15 is 0 Å². The van der Waals surface area contributed by atoms with Crippen LogP contribution in [-0.4, -0.2) is 27.0 Å². The first kappa shape index (κ1) is 16.9. The molecule has 1 atom stereocenters. The van der Waals surface area contributed by atoms with Crippen LogP contribution < -0.4 is 4.90 Å². The van der Waals surface area contributed by atoms with Crippen molar-refractivity contribution in [3.05, 3.63) is 77.9 Å². The van der Waals surface area contributed by atoms with Crippen molar-refractivity contribution < 1.29 is 14.7 Å². The molecular formula is C21H17N3O3. The van der Waals surface area contributed by atoms with Crippen molar-refractivity contribution >= 4 is 17.6 Å². The normalized spacial score (nSPS) is 14.1. The van der Waals surface area contributed by atoms with Gasteiger partial charge < -0.3 is 10.0 Å². The van der Waals surface area contributed by atoms with E-state index in [0.29, 0.717) is 17.7 Å². The number of hydrogen-bond acceptors (Lipinski definition) is 4. The van der Waals surface area contributed by atoms with E-state index in [0.717, 1.165) is 22.4 Å². The minimum atomic E-state index is -0.873. The van der Waals surface area contributed by atoms with Gasteiger partial charge in [-0.15, -0.1) is 0 Å². The molecule has 27 heavy (non-hydrogen) atoms. The third-order valence-corrected chi connectivity index (χ3v) is 4.91. The molecule has 2 heterocycles.